The van der Waals surface area contributed by atoms with Gasteiger partial charge in [0, 0.05) is 24.0 Å². The minimum absolute atomic E-state index is 0.0884. The number of hydrogen-bond donors (Lipinski definition) is 1. The van der Waals surface area contributed by atoms with E-state index in [1.807, 2.05) is 38.1 Å². The van der Waals surface area contributed by atoms with E-state index in [2.05, 4.69) is 5.32 Å². The number of furan rings is 1. The molecule has 1 amide bonds. The highest BCUT2D eigenvalue weighted by Crippen LogP contribution is 2.31. The molecule has 1 N–H and O–H groups in total. The van der Waals surface area contributed by atoms with Crippen molar-refractivity contribution in [1.29, 1.82) is 0 Å². The zero-order chi connectivity index (χ0) is 19.9. The van der Waals surface area contributed by atoms with Crippen LogP contribution in [0.5, 0.6) is 0 Å². The number of hydrogen-bond acceptors (Lipinski definition) is 5. The van der Waals surface area contributed by atoms with Crippen molar-refractivity contribution in [2.45, 2.75) is 37.6 Å². The van der Waals surface area contributed by atoms with Gasteiger partial charge in [0.15, 0.2) is 0 Å². The Labute approximate surface area is 168 Å². The summed E-state index contributed by atoms with van der Waals surface area (Å²) in [5.74, 6) is 0.273. The summed E-state index contributed by atoms with van der Waals surface area (Å²) in [7, 11) is -3.64. The van der Waals surface area contributed by atoms with E-state index in [1.54, 1.807) is 5.38 Å². The van der Waals surface area contributed by atoms with Crippen LogP contribution in [0.2, 0.25) is 0 Å². The van der Waals surface area contributed by atoms with Crippen LogP contribution in [-0.4, -0.2) is 31.7 Å². The average Bonchev–Trinajstić information content (AvgIpc) is 3.42. The van der Waals surface area contributed by atoms with Gasteiger partial charge >= 0.3 is 0 Å². The van der Waals surface area contributed by atoms with Crippen LogP contribution in [0.15, 0.2) is 45.0 Å². The number of rotatable bonds is 5. The zero-order valence-electron chi connectivity index (χ0n) is 15.8. The largest absolute Gasteiger partial charge is 0.459 e. The molecular formula is C20H22N2O4S2. The molecule has 0 aliphatic carbocycles. The Kier molecular flexibility index (Phi) is 5.03. The fourth-order valence-corrected chi connectivity index (χ4v) is 6.49. The predicted molar refractivity (Wildman–Crippen MR) is 109 cm³/mol. The van der Waals surface area contributed by atoms with Gasteiger partial charge in [0.25, 0.3) is 5.91 Å². The lowest BCUT2D eigenvalue weighted by Gasteiger charge is -2.17. The average molecular weight is 419 g/mol. The van der Waals surface area contributed by atoms with Crippen LogP contribution in [-0.2, 0) is 10.0 Å². The van der Waals surface area contributed by atoms with Gasteiger partial charge in [-0.15, -0.1) is 11.3 Å². The molecule has 1 atom stereocenters. The molecule has 3 aromatic rings. The van der Waals surface area contributed by atoms with Gasteiger partial charge < -0.3 is 9.73 Å². The van der Waals surface area contributed by atoms with Crippen LogP contribution < -0.4 is 5.32 Å². The zero-order valence-corrected chi connectivity index (χ0v) is 17.4. The second-order valence-electron chi connectivity index (χ2n) is 7.01. The number of fused-ring (bicyclic) bond motifs is 1. The molecule has 2 aromatic heterocycles. The Morgan fingerprint density at radius 2 is 1.93 bits per heavy atom. The number of sulfonamides is 1. The third-order valence-corrected chi connectivity index (χ3v) is 8.12. The maximum atomic E-state index is 12.9. The third-order valence-electron chi connectivity index (χ3n) is 5.14. The molecule has 6 nitrogen and oxygen atoms in total. The van der Waals surface area contributed by atoms with Gasteiger partial charge in [-0.1, -0.05) is 18.2 Å². The normalized spacial score (nSPS) is 16.5. The smallest absolute Gasteiger partial charge is 0.263 e. The molecule has 3 heterocycles. The summed E-state index contributed by atoms with van der Waals surface area (Å²) >= 11 is 1.14. The molecule has 0 bridgehead atoms. The summed E-state index contributed by atoms with van der Waals surface area (Å²) in [6.07, 6.45) is 1.71. The Morgan fingerprint density at radius 3 is 2.64 bits per heavy atom. The van der Waals surface area contributed by atoms with Crippen molar-refractivity contribution in [3.8, 4) is 0 Å². The third kappa shape index (κ3) is 3.25. The molecule has 0 spiro atoms. The maximum absolute atomic E-state index is 12.9. The molecule has 0 radical (unpaired) electrons. The van der Waals surface area contributed by atoms with Gasteiger partial charge in [0.1, 0.15) is 21.1 Å². The molecule has 8 heteroatoms. The molecule has 0 saturated carbocycles. The van der Waals surface area contributed by atoms with E-state index in [0.29, 0.717) is 18.8 Å². The number of aryl methyl sites for hydroxylation is 1. The number of para-hydroxylation sites is 1. The minimum atomic E-state index is -3.64. The van der Waals surface area contributed by atoms with E-state index in [9.17, 15) is 13.2 Å². The number of benzene rings is 1. The molecule has 1 fully saturated rings. The summed E-state index contributed by atoms with van der Waals surface area (Å²) in [6.45, 7) is 4.81. The van der Waals surface area contributed by atoms with Gasteiger partial charge in [-0.3, -0.25) is 4.79 Å². The van der Waals surface area contributed by atoms with Gasteiger partial charge in [-0.2, -0.15) is 4.31 Å². The molecule has 1 aromatic carbocycles. The summed E-state index contributed by atoms with van der Waals surface area (Å²) < 4.78 is 33.1. The van der Waals surface area contributed by atoms with E-state index < -0.39 is 15.9 Å². The van der Waals surface area contributed by atoms with E-state index >= 15 is 0 Å². The summed E-state index contributed by atoms with van der Waals surface area (Å²) in [5, 5.41) is 5.55. The van der Waals surface area contributed by atoms with Crippen molar-refractivity contribution in [2.24, 2.45) is 0 Å². The first-order chi connectivity index (χ1) is 13.4. The monoisotopic (exact) mass is 418 g/mol. The minimum Gasteiger partial charge on any atom is -0.459 e. The van der Waals surface area contributed by atoms with Gasteiger partial charge in [0.2, 0.25) is 10.0 Å². The Bertz CT molecular complexity index is 1120. The molecule has 1 aliphatic rings. The van der Waals surface area contributed by atoms with Crippen molar-refractivity contribution < 1.29 is 17.6 Å². The van der Waals surface area contributed by atoms with Gasteiger partial charge in [-0.05, 0) is 44.2 Å². The second-order valence-corrected chi connectivity index (χ2v) is 9.83. The fourth-order valence-electron chi connectivity index (χ4n) is 3.67. The number of thiophene rings is 1. The highest BCUT2D eigenvalue weighted by molar-refractivity contribution is 7.89. The molecule has 1 aliphatic heterocycles. The van der Waals surface area contributed by atoms with Gasteiger partial charge in [0.05, 0.1) is 6.04 Å². The fraction of sp³-hybridized carbons (Fsp3) is 0.350. The molecule has 4 rings (SSSR count). The number of carbonyl (C=O) groups is 1. The van der Waals surface area contributed by atoms with Crippen molar-refractivity contribution in [1.82, 2.24) is 9.62 Å². The summed E-state index contributed by atoms with van der Waals surface area (Å²) in [5.41, 5.74) is 1.74. The number of amides is 1. The first kappa shape index (κ1) is 19.2. The lowest BCUT2D eigenvalue weighted by Crippen LogP contribution is -2.31. The van der Waals surface area contributed by atoms with Crippen LogP contribution in [0, 0.1) is 6.92 Å². The topological polar surface area (TPSA) is 79.6 Å². The SMILES string of the molecule is Cc1c(C(C)NC(=O)c2sccc2S(=O)(=O)N2CCCC2)oc2ccccc12. The van der Waals surface area contributed by atoms with E-state index in [4.69, 9.17) is 4.42 Å². The van der Waals surface area contributed by atoms with E-state index in [0.717, 1.165) is 40.7 Å². The Hall–Kier alpha value is -2.16. The number of carbonyl (C=O) groups excluding carboxylic acids is 1. The summed E-state index contributed by atoms with van der Waals surface area (Å²) in [4.78, 5) is 13.2. The van der Waals surface area contributed by atoms with Crippen LogP contribution in [0.3, 0.4) is 0 Å². The predicted octanol–water partition coefficient (Wildman–Crippen LogP) is 4.08. The van der Waals surface area contributed by atoms with Crippen molar-refractivity contribution >= 4 is 38.2 Å². The second kappa shape index (κ2) is 7.35. The van der Waals surface area contributed by atoms with Crippen LogP contribution in [0.25, 0.3) is 11.0 Å². The Morgan fingerprint density at radius 1 is 1.21 bits per heavy atom. The highest BCUT2D eigenvalue weighted by Gasteiger charge is 2.32. The van der Waals surface area contributed by atoms with E-state index in [1.165, 1.54) is 10.4 Å². The first-order valence-corrected chi connectivity index (χ1v) is 11.6. The van der Waals surface area contributed by atoms with Crippen molar-refractivity contribution in [3.63, 3.8) is 0 Å². The van der Waals surface area contributed by atoms with Crippen LogP contribution in [0.4, 0.5) is 0 Å². The number of nitrogens with zero attached hydrogens (tertiary/aromatic N) is 1. The molecular weight excluding hydrogens is 396 g/mol. The molecule has 1 unspecified atom stereocenters. The molecule has 28 heavy (non-hydrogen) atoms. The van der Waals surface area contributed by atoms with Crippen molar-refractivity contribution in [3.05, 3.63) is 51.9 Å². The lowest BCUT2D eigenvalue weighted by atomic mass is 10.1. The number of nitrogens with one attached hydrogen (secondary N) is 1. The van der Waals surface area contributed by atoms with E-state index in [-0.39, 0.29) is 15.8 Å². The molecule has 1 saturated heterocycles. The standard InChI is InChI=1S/C20H22N2O4S2/c1-13-15-7-3-4-8-16(15)26-18(13)14(2)21-20(23)19-17(9-12-27-19)28(24,25)22-10-5-6-11-22/h3-4,7-9,12,14H,5-6,10-11H2,1-2H3,(H,21,23). The quantitative estimate of drug-likeness (QED) is 0.677. The maximum Gasteiger partial charge on any atom is 0.263 e. The van der Waals surface area contributed by atoms with Gasteiger partial charge in [-0.25, -0.2) is 8.42 Å². The molecule has 148 valence electrons. The highest BCUT2D eigenvalue weighted by atomic mass is 32.2. The summed E-state index contributed by atoms with van der Waals surface area (Å²) in [6, 6.07) is 8.85. The Balaban J connectivity index is 1.59. The van der Waals surface area contributed by atoms with Crippen LogP contribution in [0.1, 0.15) is 46.8 Å². The van der Waals surface area contributed by atoms with Crippen LogP contribution >= 0.6 is 11.3 Å². The van der Waals surface area contributed by atoms with Crippen molar-refractivity contribution in [2.75, 3.05) is 13.1 Å². The first-order valence-electron chi connectivity index (χ1n) is 9.26. The lowest BCUT2D eigenvalue weighted by molar-refractivity contribution is 0.0936.